The molecule has 1 aliphatic carbocycles. The third-order valence-corrected chi connectivity index (χ3v) is 5.14. The van der Waals surface area contributed by atoms with Crippen LogP contribution in [0.4, 0.5) is 0 Å². The normalized spacial score (nSPS) is 27.8. The highest BCUT2D eigenvalue weighted by Crippen LogP contribution is 2.28. The van der Waals surface area contributed by atoms with Crippen molar-refractivity contribution in [2.24, 2.45) is 17.8 Å². The molecule has 0 aromatic carbocycles. The van der Waals surface area contributed by atoms with E-state index in [-0.39, 0.29) is 10.7 Å². The third kappa shape index (κ3) is 4.08. The Labute approximate surface area is 108 Å². The molecule has 0 aliphatic heterocycles. The van der Waals surface area contributed by atoms with Crippen molar-refractivity contribution in [1.29, 1.82) is 0 Å². The van der Waals surface area contributed by atoms with Crippen LogP contribution in [0.2, 0.25) is 0 Å². The Kier molecular flexibility index (Phi) is 5.81. The lowest BCUT2D eigenvalue weighted by Gasteiger charge is -2.29. The molecular formula is C13H24BrNO. The first-order valence-electron chi connectivity index (χ1n) is 6.44. The van der Waals surface area contributed by atoms with E-state index < -0.39 is 0 Å². The van der Waals surface area contributed by atoms with Crippen LogP contribution >= 0.6 is 15.9 Å². The Morgan fingerprint density at radius 3 is 2.56 bits per heavy atom. The minimum absolute atomic E-state index is 0.0496. The first-order chi connectivity index (χ1) is 7.52. The van der Waals surface area contributed by atoms with Crippen LogP contribution in [0.3, 0.4) is 0 Å². The standard InChI is InChI=1S/C13H24BrNO/c1-9(2)12(14)13(16)15-8-11-7-5-4-6-10(11)3/h9-12H,4-8H2,1-3H3,(H,15,16). The molecule has 0 bridgehead atoms. The maximum atomic E-state index is 11.8. The Balaban J connectivity index is 2.30. The van der Waals surface area contributed by atoms with Crippen LogP contribution in [0.25, 0.3) is 0 Å². The molecule has 94 valence electrons. The summed E-state index contributed by atoms with van der Waals surface area (Å²) < 4.78 is 0. The van der Waals surface area contributed by atoms with Crippen molar-refractivity contribution in [3.63, 3.8) is 0 Å². The van der Waals surface area contributed by atoms with E-state index in [1.807, 2.05) is 0 Å². The van der Waals surface area contributed by atoms with E-state index in [4.69, 9.17) is 0 Å². The van der Waals surface area contributed by atoms with E-state index in [0.29, 0.717) is 11.8 Å². The molecule has 1 saturated carbocycles. The summed E-state index contributed by atoms with van der Waals surface area (Å²) in [7, 11) is 0. The molecule has 3 atom stereocenters. The first kappa shape index (κ1) is 14.0. The van der Waals surface area contributed by atoms with Gasteiger partial charge in [0.15, 0.2) is 0 Å². The average Bonchev–Trinajstić information content (AvgIpc) is 2.26. The lowest BCUT2D eigenvalue weighted by Crippen LogP contribution is -2.39. The predicted octanol–water partition coefficient (Wildman–Crippen LogP) is 3.35. The number of carbonyl (C=O) groups is 1. The van der Waals surface area contributed by atoms with Crippen molar-refractivity contribution < 1.29 is 4.79 Å². The van der Waals surface area contributed by atoms with Gasteiger partial charge in [-0.1, -0.05) is 56.0 Å². The van der Waals surface area contributed by atoms with Crippen molar-refractivity contribution in [3.05, 3.63) is 0 Å². The van der Waals surface area contributed by atoms with Crippen LogP contribution < -0.4 is 5.32 Å². The van der Waals surface area contributed by atoms with Crippen LogP contribution in [0, 0.1) is 17.8 Å². The fourth-order valence-corrected chi connectivity index (χ4v) is 2.49. The number of amides is 1. The summed E-state index contributed by atoms with van der Waals surface area (Å²) in [5.41, 5.74) is 0. The molecular weight excluding hydrogens is 266 g/mol. The van der Waals surface area contributed by atoms with Crippen LogP contribution in [-0.2, 0) is 4.79 Å². The highest BCUT2D eigenvalue weighted by molar-refractivity contribution is 9.10. The summed E-state index contributed by atoms with van der Waals surface area (Å²) in [6.45, 7) is 7.28. The molecule has 1 N–H and O–H groups in total. The maximum Gasteiger partial charge on any atom is 0.234 e. The zero-order chi connectivity index (χ0) is 12.1. The molecule has 0 aromatic heterocycles. The van der Waals surface area contributed by atoms with Crippen molar-refractivity contribution in [3.8, 4) is 0 Å². The fraction of sp³-hybridized carbons (Fsp3) is 0.923. The zero-order valence-electron chi connectivity index (χ0n) is 10.6. The molecule has 0 aromatic rings. The molecule has 3 unspecified atom stereocenters. The summed E-state index contributed by atoms with van der Waals surface area (Å²) >= 11 is 3.44. The van der Waals surface area contributed by atoms with Crippen molar-refractivity contribution >= 4 is 21.8 Å². The molecule has 0 heterocycles. The van der Waals surface area contributed by atoms with Gasteiger partial charge in [0.05, 0.1) is 4.83 Å². The van der Waals surface area contributed by atoms with Gasteiger partial charge in [0, 0.05) is 6.54 Å². The van der Waals surface area contributed by atoms with E-state index in [9.17, 15) is 4.79 Å². The molecule has 1 fully saturated rings. The second-order valence-electron chi connectivity index (χ2n) is 5.41. The van der Waals surface area contributed by atoms with E-state index in [0.717, 1.165) is 12.5 Å². The minimum atomic E-state index is -0.0496. The summed E-state index contributed by atoms with van der Waals surface area (Å²) in [6.07, 6.45) is 5.28. The van der Waals surface area contributed by atoms with Crippen LogP contribution in [0.15, 0.2) is 0 Å². The Morgan fingerprint density at radius 2 is 2.00 bits per heavy atom. The lowest BCUT2D eigenvalue weighted by molar-refractivity contribution is -0.121. The molecule has 1 rings (SSSR count). The van der Waals surface area contributed by atoms with Crippen LogP contribution in [0.5, 0.6) is 0 Å². The number of hydrogen-bond donors (Lipinski definition) is 1. The van der Waals surface area contributed by atoms with E-state index in [2.05, 4.69) is 42.0 Å². The quantitative estimate of drug-likeness (QED) is 0.790. The van der Waals surface area contributed by atoms with Crippen LogP contribution in [0.1, 0.15) is 46.5 Å². The number of rotatable bonds is 4. The van der Waals surface area contributed by atoms with Crippen molar-refractivity contribution in [2.75, 3.05) is 6.54 Å². The van der Waals surface area contributed by atoms with Gasteiger partial charge in [0.25, 0.3) is 0 Å². The molecule has 0 spiro atoms. The first-order valence-corrected chi connectivity index (χ1v) is 7.35. The largest absolute Gasteiger partial charge is 0.355 e. The maximum absolute atomic E-state index is 11.8. The van der Waals surface area contributed by atoms with E-state index in [1.165, 1.54) is 25.7 Å². The van der Waals surface area contributed by atoms with E-state index >= 15 is 0 Å². The Bertz CT molecular complexity index is 230. The van der Waals surface area contributed by atoms with Crippen molar-refractivity contribution in [2.45, 2.75) is 51.3 Å². The number of halogens is 1. The van der Waals surface area contributed by atoms with E-state index in [1.54, 1.807) is 0 Å². The van der Waals surface area contributed by atoms with Gasteiger partial charge < -0.3 is 5.32 Å². The fourth-order valence-electron chi connectivity index (χ4n) is 2.33. The summed E-state index contributed by atoms with van der Waals surface area (Å²) in [6, 6.07) is 0. The smallest absolute Gasteiger partial charge is 0.234 e. The van der Waals surface area contributed by atoms with Gasteiger partial charge in [-0.25, -0.2) is 0 Å². The zero-order valence-corrected chi connectivity index (χ0v) is 12.2. The van der Waals surface area contributed by atoms with Gasteiger partial charge in [-0.05, 0) is 24.2 Å². The summed E-state index contributed by atoms with van der Waals surface area (Å²) in [5, 5.41) is 3.08. The third-order valence-electron chi connectivity index (χ3n) is 3.66. The second kappa shape index (κ2) is 6.63. The van der Waals surface area contributed by atoms with Gasteiger partial charge in [-0.2, -0.15) is 0 Å². The monoisotopic (exact) mass is 289 g/mol. The van der Waals surface area contributed by atoms with Crippen LogP contribution in [-0.4, -0.2) is 17.3 Å². The van der Waals surface area contributed by atoms with Gasteiger partial charge in [0.2, 0.25) is 5.91 Å². The molecule has 0 saturated heterocycles. The Morgan fingerprint density at radius 1 is 1.38 bits per heavy atom. The van der Waals surface area contributed by atoms with Crippen molar-refractivity contribution in [1.82, 2.24) is 5.32 Å². The lowest BCUT2D eigenvalue weighted by atomic mass is 9.80. The second-order valence-corrected chi connectivity index (χ2v) is 6.40. The highest BCUT2D eigenvalue weighted by atomic mass is 79.9. The molecule has 0 radical (unpaired) electrons. The Hall–Kier alpha value is -0.0500. The van der Waals surface area contributed by atoms with Gasteiger partial charge in [0.1, 0.15) is 0 Å². The summed E-state index contributed by atoms with van der Waals surface area (Å²) in [5.74, 6) is 1.95. The number of nitrogens with one attached hydrogen (secondary N) is 1. The number of hydrogen-bond acceptors (Lipinski definition) is 1. The molecule has 1 amide bonds. The summed E-state index contributed by atoms with van der Waals surface area (Å²) in [4.78, 5) is 11.7. The number of alkyl halides is 1. The minimum Gasteiger partial charge on any atom is -0.355 e. The van der Waals surface area contributed by atoms with Gasteiger partial charge in [-0.15, -0.1) is 0 Å². The topological polar surface area (TPSA) is 29.1 Å². The average molecular weight is 290 g/mol. The highest BCUT2D eigenvalue weighted by Gasteiger charge is 2.23. The molecule has 2 nitrogen and oxygen atoms in total. The molecule has 1 aliphatic rings. The molecule has 3 heteroatoms. The van der Waals surface area contributed by atoms with Gasteiger partial charge in [-0.3, -0.25) is 4.79 Å². The SMILES string of the molecule is CC(C)C(Br)C(=O)NCC1CCCCC1C. The van der Waals surface area contributed by atoms with Gasteiger partial charge >= 0.3 is 0 Å². The predicted molar refractivity (Wildman–Crippen MR) is 71.7 cm³/mol. The molecule has 16 heavy (non-hydrogen) atoms. The number of carbonyl (C=O) groups excluding carboxylic acids is 1.